The molecule has 0 bridgehead atoms. The first kappa shape index (κ1) is 24.7. The molecule has 0 N–H and O–H groups in total. The zero-order valence-electron chi connectivity index (χ0n) is 19.0. The van der Waals surface area contributed by atoms with E-state index in [0.717, 1.165) is 24.3 Å². The average Bonchev–Trinajstić information content (AvgIpc) is 2.67. The fourth-order valence-electron chi connectivity index (χ4n) is 3.45. The summed E-state index contributed by atoms with van der Waals surface area (Å²) in [7, 11) is 0. The van der Waals surface area contributed by atoms with Gasteiger partial charge in [0.05, 0.1) is 6.61 Å². The number of unbranched alkanes of at least 4 members (excludes halogenated alkanes) is 12. The highest BCUT2D eigenvalue weighted by Gasteiger charge is 2.22. The highest BCUT2D eigenvalue weighted by molar-refractivity contribution is 5.99. The molecule has 2 heteroatoms. The van der Waals surface area contributed by atoms with Crippen molar-refractivity contribution in [2.24, 2.45) is 5.41 Å². The van der Waals surface area contributed by atoms with Crippen LogP contribution >= 0.6 is 0 Å². The van der Waals surface area contributed by atoms with Gasteiger partial charge in [0.2, 0.25) is 0 Å². The van der Waals surface area contributed by atoms with E-state index in [9.17, 15) is 4.79 Å². The summed E-state index contributed by atoms with van der Waals surface area (Å²) in [5.74, 6) is 1.04. The summed E-state index contributed by atoms with van der Waals surface area (Å²) in [5, 5.41) is 0. The maximum atomic E-state index is 12.2. The number of ether oxygens (including phenoxy) is 1. The number of ketones is 1. The van der Waals surface area contributed by atoms with E-state index in [-0.39, 0.29) is 11.2 Å². The average molecular weight is 389 g/mol. The van der Waals surface area contributed by atoms with Crippen molar-refractivity contribution < 1.29 is 9.53 Å². The van der Waals surface area contributed by atoms with Crippen LogP contribution in [0.25, 0.3) is 0 Å². The van der Waals surface area contributed by atoms with Gasteiger partial charge >= 0.3 is 0 Å². The molecule has 28 heavy (non-hydrogen) atoms. The van der Waals surface area contributed by atoms with Gasteiger partial charge in [0, 0.05) is 11.0 Å². The topological polar surface area (TPSA) is 26.3 Å². The highest BCUT2D eigenvalue weighted by Crippen LogP contribution is 2.22. The molecule has 160 valence electrons. The SMILES string of the molecule is CCCCCCCCCCCCCCCOc1ccc(C(=O)C(C)(C)C)cc1. The summed E-state index contributed by atoms with van der Waals surface area (Å²) in [4.78, 5) is 12.2. The van der Waals surface area contributed by atoms with Crippen molar-refractivity contribution >= 4 is 5.78 Å². The van der Waals surface area contributed by atoms with Crippen molar-refractivity contribution in [2.75, 3.05) is 6.61 Å². The number of rotatable bonds is 16. The van der Waals surface area contributed by atoms with Crippen LogP contribution in [0.3, 0.4) is 0 Å². The van der Waals surface area contributed by atoms with Gasteiger partial charge < -0.3 is 4.74 Å². The number of Topliss-reactive ketones (excluding diaryl/α,β-unsaturated/α-hetero) is 1. The summed E-state index contributed by atoms with van der Waals surface area (Å²) in [6.07, 6.45) is 17.7. The first-order valence-electron chi connectivity index (χ1n) is 11.7. The van der Waals surface area contributed by atoms with E-state index in [0.29, 0.717) is 0 Å². The normalized spacial score (nSPS) is 11.6. The molecule has 2 nitrogen and oxygen atoms in total. The first-order chi connectivity index (χ1) is 13.4. The van der Waals surface area contributed by atoms with Gasteiger partial charge in [-0.1, -0.05) is 105 Å². The number of carbonyl (C=O) groups excluding carboxylic acids is 1. The van der Waals surface area contributed by atoms with E-state index in [2.05, 4.69) is 6.92 Å². The van der Waals surface area contributed by atoms with Crippen molar-refractivity contribution in [2.45, 2.75) is 111 Å². The predicted molar refractivity (Wildman–Crippen MR) is 121 cm³/mol. The van der Waals surface area contributed by atoms with Gasteiger partial charge in [-0.3, -0.25) is 4.79 Å². The molecule has 0 amide bonds. The molecule has 0 aliphatic heterocycles. The molecule has 0 saturated heterocycles. The molecule has 0 aromatic heterocycles. The molecule has 1 rings (SSSR count). The van der Waals surface area contributed by atoms with Crippen LogP contribution in [0.4, 0.5) is 0 Å². The Hall–Kier alpha value is -1.31. The lowest BCUT2D eigenvalue weighted by Gasteiger charge is -2.16. The third-order valence-electron chi connectivity index (χ3n) is 5.31. The number of carbonyl (C=O) groups is 1. The maximum Gasteiger partial charge on any atom is 0.168 e. The summed E-state index contributed by atoms with van der Waals surface area (Å²) in [6, 6.07) is 7.60. The Bertz CT molecular complexity index is 510. The van der Waals surface area contributed by atoms with Crippen LogP contribution in [0.5, 0.6) is 5.75 Å². The van der Waals surface area contributed by atoms with Gasteiger partial charge in [0.1, 0.15) is 5.75 Å². The molecule has 0 heterocycles. The fourth-order valence-corrected chi connectivity index (χ4v) is 3.45. The zero-order chi connectivity index (χ0) is 20.7. The number of hydrogen-bond acceptors (Lipinski definition) is 2. The van der Waals surface area contributed by atoms with Crippen molar-refractivity contribution in [3.8, 4) is 5.75 Å². The first-order valence-corrected chi connectivity index (χ1v) is 11.7. The van der Waals surface area contributed by atoms with Crippen LogP contribution in [0.2, 0.25) is 0 Å². The quantitative estimate of drug-likeness (QED) is 0.210. The van der Waals surface area contributed by atoms with Crippen LogP contribution in [-0.4, -0.2) is 12.4 Å². The number of benzene rings is 1. The Labute approximate surface area is 174 Å². The lowest BCUT2D eigenvalue weighted by molar-refractivity contribution is 0.0858. The molecule has 0 spiro atoms. The summed E-state index contributed by atoms with van der Waals surface area (Å²) in [6.45, 7) is 8.90. The second kappa shape index (κ2) is 14.7. The molecular formula is C26H44O2. The van der Waals surface area contributed by atoms with E-state index < -0.39 is 0 Å². The zero-order valence-corrected chi connectivity index (χ0v) is 19.0. The highest BCUT2D eigenvalue weighted by atomic mass is 16.5. The molecule has 1 aromatic carbocycles. The summed E-state index contributed by atoms with van der Waals surface area (Å²) >= 11 is 0. The lowest BCUT2D eigenvalue weighted by atomic mass is 9.86. The van der Waals surface area contributed by atoms with Gasteiger partial charge in [-0.15, -0.1) is 0 Å². The van der Waals surface area contributed by atoms with Crippen LogP contribution in [0.1, 0.15) is 122 Å². The van der Waals surface area contributed by atoms with E-state index in [1.165, 1.54) is 77.0 Å². The van der Waals surface area contributed by atoms with Crippen molar-refractivity contribution in [3.05, 3.63) is 29.8 Å². The lowest BCUT2D eigenvalue weighted by Crippen LogP contribution is -2.19. The maximum absolute atomic E-state index is 12.2. The van der Waals surface area contributed by atoms with Crippen LogP contribution in [0, 0.1) is 5.41 Å². The Morgan fingerprint density at radius 3 is 1.57 bits per heavy atom. The summed E-state index contributed by atoms with van der Waals surface area (Å²) in [5.41, 5.74) is 0.428. The smallest absolute Gasteiger partial charge is 0.168 e. The van der Waals surface area contributed by atoms with Gasteiger partial charge in [0.25, 0.3) is 0 Å². The van der Waals surface area contributed by atoms with E-state index in [4.69, 9.17) is 4.74 Å². The van der Waals surface area contributed by atoms with E-state index in [1.54, 1.807) is 0 Å². The van der Waals surface area contributed by atoms with Crippen molar-refractivity contribution in [3.63, 3.8) is 0 Å². The van der Waals surface area contributed by atoms with Crippen LogP contribution in [-0.2, 0) is 0 Å². The Morgan fingerprint density at radius 2 is 1.14 bits per heavy atom. The minimum absolute atomic E-state index is 0.176. The molecular weight excluding hydrogens is 344 g/mol. The Morgan fingerprint density at radius 1 is 0.714 bits per heavy atom. The van der Waals surface area contributed by atoms with E-state index >= 15 is 0 Å². The third kappa shape index (κ3) is 11.5. The number of hydrogen-bond donors (Lipinski definition) is 0. The monoisotopic (exact) mass is 388 g/mol. The minimum Gasteiger partial charge on any atom is -0.494 e. The summed E-state index contributed by atoms with van der Waals surface area (Å²) < 4.78 is 5.81. The molecule has 0 radical (unpaired) electrons. The molecule has 1 aromatic rings. The van der Waals surface area contributed by atoms with E-state index in [1.807, 2.05) is 45.0 Å². The largest absolute Gasteiger partial charge is 0.494 e. The molecule has 0 unspecified atom stereocenters. The van der Waals surface area contributed by atoms with Gasteiger partial charge in [0.15, 0.2) is 5.78 Å². The van der Waals surface area contributed by atoms with Crippen LogP contribution in [0.15, 0.2) is 24.3 Å². The fraction of sp³-hybridized carbons (Fsp3) is 0.731. The van der Waals surface area contributed by atoms with Crippen molar-refractivity contribution in [1.29, 1.82) is 0 Å². The third-order valence-corrected chi connectivity index (χ3v) is 5.31. The molecule has 0 aliphatic carbocycles. The second-order valence-corrected chi connectivity index (χ2v) is 9.19. The molecule has 0 aliphatic rings. The predicted octanol–water partition coefficient (Wildman–Crippen LogP) is 8.39. The van der Waals surface area contributed by atoms with Gasteiger partial charge in [-0.2, -0.15) is 0 Å². The molecule has 0 fully saturated rings. The van der Waals surface area contributed by atoms with Crippen LogP contribution < -0.4 is 4.74 Å². The minimum atomic E-state index is -0.336. The molecule has 0 saturated carbocycles. The Kier molecular flexibility index (Phi) is 12.9. The van der Waals surface area contributed by atoms with Crippen molar-refractivity contribution in [1.82, 2.24) is 0 Å². The molecule has 0 atom stereocenters. The standard InChI is InChI=1S/C26H44O2/c1-5-6-7-8-9-10-11-12-13-14-15-16-17-22-28-24-20-18-23(19-21-24)25(27)26(2,3)4/h18-21H,5-17,22H2,1-4H3. The van der Waals surface area contributed by atoms with Gasteiger partial charge in [-0.25, -0.2) is 0 Å². The second-order valence-electron chi connectivity index (χ2n) is 9.19. The Balaban J connectivity index is 1.97. The van der Waals surface area contributed by atoms with Gasteiger partial charge in [-0.05, 0) is 30.7 Å².